The Morgan fingerprint density at radius 2 is 2.22 bits per heavy atom. The van der Waals surface area contributed by atoms with Gasteiger partial charge in [0, 0.05) is 5.33 Å². The predicted molar refractivity (Wildman–Crippen MR) is 42.8 cm³/mol. The van der Waals surface area contributed by atoms with Crippen molar-refractivity contribution in [3.63, 3.8) is 0 Å². The third kappa shape index (κ3) is 5.77. The van der Waals surface area contributed by atoms with Crippen LogP contribution in [0.15, 0.2) is 12.2 Å². The monoisotopic (exact) mass is 190 g/mol. The van der Waals surface area contributed by atoms with Crippen molar-refractivity contribution in [2.75, 3.05) is 5.33 Å². The molecule has 0 saturated heterocycles. The lowest BCUT2D eigenvalue weighted by molar-refractivity contribution is -0.105. The second-order valence-electron chi connectivity index (χ2n) is 1.92. The number of carbonyl (C=O) groups excluding carboxylic acids is 1. The van der Waals surface area contributed by atoms with E-state index in [1.165, 1.54) is 0 Å². The van der Waals surface area contributed by atoms with Crippen LogP contribution in [0, 0.1) is 0 Å². The quantitative estimate of drug-likeness (QED) is 0.282. The summed E-state index contributed by atoms with van der Waals surface area (Å²) in [7, 11) is 0. The fraction of sp³-hybridized carbons (Fsp3) is 0.571. The lowest BCUT2D eigenvalue weighted by Gasteiger charge is -1.93. The van der Waals surface area contributed by atoms with Gasteiger partial charge in [0.1, 0.15) is 6.29 Å². The first-order chi connectivity index (χ1) is 4.31. The average Bonchev–Trinajstić information content (AvgIpc) is 1.89. The molecule has 52 valence electrons. The molecule has 0 aliphatic rings. The molecular weight excluding hydrogens is 180 g/mol. The zero-order valence-electron chi connectivity index (χ0n) is 5.40. The molecule has 0 aromatic carbocycles. The smallest absolute Gasteiger partial charge is 0.145 e. The van der Waals surface area contributed by atoms with Crippen LogP contribution < -0.4 is 0 Å². The normalized spacial score (nSPS) is 9.00. The van der Waals surface area contributed by atoms with Gasteiger partial charge in [-0.3, -0.25) is 4.79 Å². The van der Waals surface area contributed by atoms with Crippen LogP contribution in [0.3, 0.4) is 0 Å². The summed E-state index contributed by atoms with van der Waals surface area (Å²) in [6.45, 7) is 3.56. The molecular formula is C7H11BrO. The Labute approximate surface area is 64.3 Å². The summed E-state index contributed by atoms with van der Waals surface area (Å²) in [5, 5.41) is 1.01. The molecule has 0 fully saturated rings. The Hall–Kier alpha value is -0.110. The van der Waals surface area contributed by atoms with Gasteiger partial charge in [0.05, 0.1) is 0 Å². The molecule has 0 spiro atoms. The number of carbonyl (C=O) groups is 1. The minimum absolute atomic E-state index is 0.705. The molecule has 0 unspecified atom stereocenters. The van der Waals surface area contributed by atoms with Gasteiger partial charge in [0.15, 0.2) is 0 Å². The van der Waals surface area contributed by atoms with Crippen LogP contribution >= 0.6 is 15.9 Å². The van der Waals surface area contributed by atoms with Crippen molar-refractivity contribution in [2.24, 2.45) is 0 Å². The molecule has 0 aromatic heterocycles. The van der Waals surface area contributed by atoms with E-state index in [-0.39, 0.29) is 0 Å². The van der Waals surface area contributed by atoms with Crippen LogP contribution in [0.4, 0.5) is 0 Å². The predicted octanol–water partition coefficient (Wildman–Crippen LogP) is 2.31. The number of aldehydes is 1. The van der Waals surface area contributed by atoms with Crippen molar-refractivity contribution in [1.29, 1.82) is 0 Å². The number of hydrogen-bond acceptors (Lipinski definition) is 1. The molecule has 0 amide bonds. The first-order valence-electron chi connectivity index (χ1n) is 3.00. The number of hydrogen-bond donors (Lipinski definition) is 0. The van der Waals surface area contributed by atoms with Crippen molar-refractivity contribution in [3.05, 3.63) is 12.2 Å². The molecule has 0 aliphatic heterocycles. The Morgan fingerprint density at radius 1 is 1.56 bits per heavy atom. The summed E-state index contributed by atoms with van der Waals surface area (Å²) >= 11 is 3.30. The summed E-state index contributed by atoms with van der Waals surface area (Å²) in [6, 6.07) is 0. The highest BCUT2D eigenvalue weighted by molar-refractivity contribution is 9.09. The topological polar surface area (TPSA) is 17.1 Å². The van der Waals surface area contributed by atoms with E-state index in [4.69, 9.17) is 0 Å². The average molecular weight is 191 g/mol. The summed E-state index contributed by atoms with van der Waals surface area (Å²) in [5.74, 6) is 0. The van der Waals surface area contributed by atoms with E-state index in [1.54, 1.807) is 0 Å². The first kappa shape index (κ1) is 8.89. The van der Waals surface area contributed by atoms with E-state index in [2.05, 4.69) is 22.5 Å². The molecule has 0 atom stereocenters. The number of halogens is 1. The first-order valence-corrected chi connectivity index (χ1v) is 4.12. The van der Waals surface area contributed by atoms with Gasteiger partial charge in [0.2, 0.25) is 0 Å². The van der Waals surface area contributed by atoms with Crippen LogP contribution in [-0.2, 0) is 4.79 Å². The molecule has 0 radical (unpaired) electrons. The van der Waals surface area contributed by atoms with E-state index in [1.807, 2.05) is 0 Å². The fourth-order valence-corrected chi connectivity index (χ4v) is 0.902. The highest BCUT2D eigenvalue weighted by Gasteiger charge is 1.89. The van der Waals surface area contributed by atoms with Crippen molar-refractivity contribution in [1.82, 2.24) is 0 Å². The van der Waals surface area contributed by atoms with Crippen LogP contribution in [-0.4, -0.2) is 11.6 Å². The standard InChI is InChI=1S/C7H11BrO/c1-7(6-9)4-2-3-5-8/h6H,1-5H2. The largest absolute Gasteiger partial charge is 0.298 e. The number of rotatable bonds is 5. The maximum Gasteiger partial charge on any atom is 0.145 e. The van der Waals surface area contributed by atoms with E-state index in [0.717, 1.165) is 30.9 Å². The zero-order chi connectivity index (χ0) is 7.11. The zero-order valence-corrected chi connectivity index (χ0v) is 6.99. The van der Waals surface area contributed by atoms with Gasteiger partial charge >= 0.3 is 0 Å². The van der Waals surface area contributed by atoms with Crippen LogP contribution in [0.5, 0.6) is 0 Å². The van der Waals surface area contributed by atoms with E-state index in [0.29, 0.717) is 5.57 Å². The second kappa shape index (κ2) is 6.02. The van der Waals surface area contributed by atoms with Crippen LogP contribution in [0.25, 0.3) is 0 Å². The fourth-order valence-electron chi connectivity index (χ4n) is 0.505. The molecule has 0 heterocycles. The molecule has 0 N–H and O–H groups in total. The highest BCUT2D eigenvalue weighted by atomic mass is 79.9. The maximum atomic E-state index is 9.99. The highest BCUT2D eigenvalue weighted by Crippen LogP contribution is 2.03. The maximum absolute atomic E-state index is 9.99. The van der Waals surface area contributed by atoms with Crippen LogP contribution in [0.2, 0.25) is 0 Å². The van der Waals surface area contributed by atoms with Gasteiger partial charge in [-0.2, -0.15) is 0 Å². The van der Waals surface area contributed by atoms with Crippen molar-refractivity contribution in [3.8, 4) is 0 Å². The van der Waals surface area contributed by atoms with Gasteiger partial charge < -0.3 is 0 Å². The van der Waals surface area contributed by atoms with Crippen molar-refractivity contribution < 1.29 is 4.79 Å². The number of alkyl halides is 1. The SMILES string of the molecule is C=C(C=O)CCCCBr. The molecule has 0 rings (SSSR count). The van der Waals surface area contributed by atoms with E-state index in [9.17, 15) is 4.79 Å². The summed E-state index contributed by atoms with van der Waals surface area (Å²) < 4.78 is 0. The van der Waals surface area contributed by atoms with E-state index >= 15 is 0 Å². The van der Waals surface area contributed by atoms with Crippen molar-refractivity contribution in [2.45, 2.75) is 19.3 Å². The van der Waals surface area contributed by atoms with Gasteiger partial charge in [-0.25, -0.2) is 0 Å². The Morgan fingerprint density at radius 3 is 2.67 bits per heavy atom. The molecule has 0 aliphatic carbocycles. The minimum Gasteiger partial charge on any atom is -0.298 e. The van der Waals surface area contributed by atoms with Gasteiger partial charge in [0.25, 0.3) is 0 Å². The molecule has 0 bridgehead atoms. The molecule has 0 saturated carbocycles. The Balaban J connectivity index is 3.07. The second-order valence-corrected chi connectivity index (χ2v) is 2.72. The molecule has 2 heteroatoms. The van der Waals surface area contributed by atoms with Gasteiger partial charge in [-0.1, -0.05) is 22.5 Å². The third-order valence-corrected chi connectivity index (χ3v) is 1.61. The Kier molecular flexibility index (Phi) is 5.94. The molecule has 0 aromatic rings. The minimum atomic E-state index is 0.705. The lowest BCUT2D eigenvalue weighted by atomic mass is 10.1. The third-order valence-electron chi connectivity index (χ3n) is 1.05. The summed E-state index contributed by atoms with van der Waals surface area (Å²) in [5.41, 5.74) is 0.705. The van der Waals surface area contributed by atoms with Gasteiger partial charge in [-0.15, -0.1) is 0 Å². The molecule has 1 nitrogen and oxygen atoms in total. The Bertz CT molecular complexity index is 99.1. The summed E-state index contributed by atoms with van der Waals surface area (Å²) in [6.07, 6.45) is 3.85. The molecule has 9 heavy (non-hydrogen) atoms. The number of allylic oxidation sites excluding steroid dienone is 1. The van der Waals surface area contributed by atoms with E-state index < -0.39 is 0 Å². The van der Waals surface area contributed by atoms with Crippen molar-refractivity contribution >= 4 is 22.2 Å². The lowest BCUT2D eigenvalue weighted by Crippen LogP contribution is -1.83. The van der Waals surface area contributed by atoms with Gasteiger partial charge in [-0.05, 0) is 24.8 Å². The summed E-state index contributed by atoms with van der Waals surface area (Å²) in [4.78, 5) is 9.99. The van der Waals surface area contributed by atoms with Crippen LogP contribution in [0.1, 0.15) is 19.3 Å². The number of unbranched alkanes of at least 4 members (excludes halogenated alkanes) is 1.